The zero-order chi connectivity index (χ0) is 20.7. The zero-order valence-corrected chi connectivity index (χ0v) is 15.8. The zero-order valence-electron chi connectivity index (χ0n) is 15.0. The molecule has 0 aromatic heterocycles. The van der Waals surface area contributed by atoms with Gasteiger partial charge >= 0.3 is 5.97 Å². The van der Waals surface area contributed by atoms with E-state index in [1.807, 2.05) is 0 Å². The average Bonchev–Trinajstić information content (AvgIpc) is 2.60. The Balaban J connectivity index is 2.12. The Labute approximate surface area is 165 Å². The molecule has 0 saturated carbocycles. The molecule has 0 aliphatic carbocycles. The lowest BCUT2D eigenvalue weighted by molar-refractivity contribution is 0.0729. The monoisotopic (exact) mass is 411 g/mol. The third-order valence-electron chi connectivity index (χ3n) is 3.80. The summed E-state index contributed by atoms with van der Waals surface area (Å²) in [5.74, 6) is -5.08. The molecule has 0 amide bonds. The summed E-state index contributed by atoms with van der Waals surface area (Å²) in [5, 5.41) is 8.42. The molecular weight excluding hydrogens is 395 g/mol. The molecule has 0 aliphatic rings. The minimum Gasteiger partial charge on any atom is -0.423 e. The van der Waals surface area contributed by atoms with Gasteiger partial charge in [-0.2, -0.15) is 5.26 Å². The van der Waals surface area contributed by atoms with Crippen LogP contribution in [0.3, 0.4) is 0 Å². The van der Waals surface area contributed by atoms with E-state index in [0.717, 1.165) is 25.3 Å². The summed E-state index contributed by atoms with van der Waals surface area (Å²) >= 11 is 5.98. The Bertz CT molecular complexity index is 866. The van der Waals surface area contributed by atoms with E-state index in [2.05, 4.69) is 6.92 Å². The van der Waals surface area contributed by atoms with Crippen LogP contribution in [0.2, 0.25) is 5.02 Å². The molecule has 0 heterocycles. The fraction of sp³-hybridized carbons (Fsp3) is 0.300. The van der Waals surface area contributed by atoms with E-state index in [1.165, 1.54) is 12.1 Å². The maximum absolute atomic E-state index is 14.3. The second kappa shape index (κ2) is 10.1. The largest absolute Gasteiger partial charge is 0.423 e. The Hall–Kier alpha value is -2.56. The van der Waals surface area contributed by atoms with Gasteiger partial charge in [-0.25, -0.2) is 18.0 Å². The van der Waals surface area contributed by atoms with E-state index in [0.29, 0.717) is 24.3 Å². The number of halogens is 4. The molecule has 0 unspecified atom stereocenters. The standard InChI is InChI=1S/C20H17ClF3NO3/c1-2-3-4-5-27-11-12-6-15(21)19(18(24)7-12)20(26)28-13-8-16(22)14(10-25)17(23)9-13/h6-9H,2-5,11H2,1H3. The Kier molecular flexibility index (Phi) is 7.85. The molecule has 2 rings (SSSR count). The smallest absolute Gasteiger partial charge is 0.348 e. The summed E-state index contributed by atoms with van der Waals surface area (Å²) in [5.41, 5.74) is -0.945. The van der Waals surface area contributed by atoms with Crippen molar-refractivity contribution in [1.82, 2.24) is 0 Å². The molecular formula is C20H17ClF3NO3. The van der Waals surface area contributed by atoms with Gasteiger partial charge in [-0.3, -0.25) is 0 Å². The first kappa shape index (κ1) is 21.7. The number of rotatable bonds is 8. The van der Waals surface area contributed by atoms with Crippen LogP contribution in [-0.4, -0.2) is 12.6 Å². The molecule has 0 aliphatic heterocycles. The number of unbranched alkanes of at least 4 members (excludes halogenated alkanes) is 2. The quantitative estimate of drug-likeness (QED) is 0.324. The van der Waals surface area contributed by atoms with Crippen LogP contribution in [-0.2, 0) is 11.3 Å². The molecule has 148 valence electrons. The SMILES string of the molecule is CCCCCOCc1cc(F)c(C(=O)Oc2cc(F)c(C#N)c(F)c2)c(Cl)c1. The lowest BCUT2D eigenvalue weighted by atomic mass is 10.1. The number of nitrogens with zero attached hydrogens (tertiary/aromatic N) is 1. The molecule has 8 heteroatoms. The van der Waals surface area contributed by atoms with Crippen LogP contribution in [0.25, 0.3) is 0 Å². The fourth-order valence-corrected chi connectivity index (χ4v) is 2.73. The molecule has 0 radical (unpaired) electrons. The highest BCUT2D eigenvalue weighted by Gasteiger charge is 2.21. The molecule has 0 atom stereocenters. The van der Waals surface area contributed by atoms with Crippen molar-refractivity contribution in [3.05, 3.63) is 63.4 Å². The van der Waals surface area contributed by atoms with Gasteiger partial charge in [0.2, 0.25) is 0 Å². The van der Waals surface area contributed by atoms with Crippen molar-refractivity contribution in [3.63, 3.8) is 0 Å². The van der Waals surface area contributed by atoms with E-state index < -0.39 is 40.3 Å². The number of carbonyl (C=O) groups excluding carboxylic acids is 1. The molecule has 0 bridgehead atoms. The van der Waals surface area contributed by atoms with Gasteiger partial charge in [-0.1, -0.05) is 31.4 Å². The van der Waals surface area contributed by atoms with Crippen LogP contribution in [0, 0.1) is 28.8 Å². The summed E-state index contributed by atoms with van der Waals surface area (Å²) in [6, 6.07) is 5.11. The Morgan fingerprint density at radius 2 is 1.79 bits per heavy atom. The number of carbonyl (C=O) groups is 1. The van der Waals surface area contributed by atoms with Crippen LogP contribution in [0.4, 0.5) is 13.2 Å². The molecule has 28 heavy (non-hydrogen) atoms. The number of benzene rings is 2. The van der Waals surface area contributed by atoms with Gasteiger partial charge in [-0.05, 0) is 24.1 Å². The molecule has 2 aromatic carbocycles. The van der Waals surface area contributed by atoms with Crippen molar-refractivity contribution in [3.8, 4) is 11.8 Å². The highest BCUT2D eigenvalue weighted by molar-refractivity contribution is 6.33. The van der Waals surface area contributed by atoms with Crippen molar-refractivity contribution in [2.75, 3.05) is 6.61 Å². The highest BCUT2D eigenvalue weighted by Crippen LogP contribution is 2.26. The van der Waals surface area contributed by atoms with Crippen molar-refractivity contribution in [2.45, 2.75) is 32.8 Å². The third-order valence-corrected chi connectivity index (χ3v) is 4.10. The molecule has 0 saturated heterocycles. The van der Waals surface area contributed by atoms with Gasteiger partial charge in [0, 0.05) is 18.7 Å². The minimum absolute atomic E-state index is 0.127. The average molecular weight is 412 g/mol. The summed E-state index contributed by atoms with van der Waals surface area (Å²) in [7, 11) is 0. The number of hydrogen-bond donors (Lipinski definition) is 0. The number of esters is 1. The van der Waals surface area contributed by atoms with E-state index >= 15 is 0 Å². The third kappa shape index (κ3) is 5.47. The van der Waals surface area contributed by atoms with E-state index in [9.17, 15) is 18.0 Å². The van der Waals surface area contributed by atoms with Gasteiger partial charge in [0.05, 0.1) is 11.6 Å². The van der Waals surface area contributed by atoms with Crippen molar-refractivity contribution in [1.29, 1.82) is 5.26 Å². The maximum Gasteiger partial charge on any atom is 0.348 e. The first-order chi connectivity index (χ1) is 13.4. The lowest BCUT2D eigenvalue weighted by Gasteiger charge is -2.10. The second-order valence-electron chi connectivity index (χ2n) is 5.96. The van der Waals surface area contributed by atoms with E-state index in [1.54, 1.807) is 0 Å². The predicted molar refractivity (Wildman–Crippen MR) is 96.6 cm³/mol. The van der Waals surface area contributed by atoms with Crippen LogP contribution in [0.1, 0.15) is 47.7 Å². The summed E-state index contributed by atoms with van der Waals surface area (Å²) in [4.78, 5) is 12.2. The minimum atomic E-state index is -1.22. The van der Waals surface area contributed by atoms with Gasteiger partial charge in [-0.15, -0.1) is 0 Å². The van der Waals surface area contributed by atoms with Gasteiger partial charge < -0.3 is 9.47 Å². The summed E-state index contributed by atoms with van der Waals surface area (Å²) in [6.45, 7) is 2.71. The Morgan fingerprint density at radius 1 is 1.11 bits per heavy atom. The van der Waals surface area contributed by atoms with Gasteiger partial charge in [0.25, 0.3) is 0 Å². The first-order valence-corrected chi connectivity index (χ1v) is 8.92. The highest BCUT2D eigenvalue weighted by atomic mass is 35.5. The van der Waals surface area contributed by atoms with Crippen molar-refractivity contribution < 1.29 is 27.4 Å². The number of ether oxygens (including phenoxy) is 2. The predicted octanol–water partition coefficient (Wildman–Crippen LogP) is 5.55. The van der Waals surface area contributed by atoms with Gasteiger partial charge in [0.1, 0.15) is 40.4 Å². The van der Waals surface area contributed by atoms with Crippen LogP contribution < -0.4 is 4.74 Å². The molecule has 0 fully saturated rings. The maximum atomic E-state index is 14.3. The lowest BCUT2D eigenvalue weighted by Crippen LogP contribution is -2.13. The van der Waals surface area contributed by atoms with E-state index in [4.69, 9.17) is 26.3 Å². The summed E-state index contributed by atoms with van der Waals surface area (Å²) < 4.78 is 51.8. The van der Waals surface area contributed by atoms with Crippen LogP contribution in [0.15, 0.2) is 24.3 Å². The van der Waals surface area contributed by atoms with Crippen LogP contribution >= 0.6 is 11.6 Å². The van der Waals surface area contributed by atoms with Crippen molar-refractivity contribution in [2.24, 2.45) is 0 Å². The Morgan fingerprint density at radius 3 is 2.36 bits per heavy atom. The molecule has 0 spiro atoms. The molecule has 2 aromatic rings. The topological polar surface area (TPSA) is 59.3 Å². The number of nitriles is 1. The van der Waals surface area contributed by atoms with E-state index in [-0.39, 0.29) is 11.6 Å². The van der Waals surface area contributed by atoms with Gasteiger partial charge in [0.15, 0.2) is 0 Å². The molecule has 0 N–H and O–H groups in total. The van der Waals surface area contributed by atoms with Crippen LogP contribution in [0.5, 0.6) is 5.75 Å². The first-order valence-electron chi connectivity index (χ1n) is 8.54. The fourth-order valence-electron chi connectivity index (χ4n) is 2.42. The second-order valence-corrected chi connectivity index (χ2v) is 6.36. The van der Waals surface area contributed by atoms with Crippen molar-refractivity contribution >= 4 is 17.6 Å². The summed E-state index contributed by atoms with van der Waals surface area (Å²) in [6.07, 6.45) is 2.96. The number of hydrogen-bond acceptors (Lipinski definition) is 4. The normalized spacial score (nSPS) is 10.6. The molecule has 4 nitrogen and oxygen atoms in total.